The first-order valence-corrected chi connectivity index (χ1v) is 27.0. The minimum Gasteiger partial charge on any atom is -0.371 e. The van der Waals surface area contributed by atoms with Gasteiger partial charge in [0.25, 0.3) is 23.6 Å². The van der Waals surface area contributed by atoms with Gasteiger partial charge in [-0.05, 0) is 188 Å². The molecule has 4 aliphatic heterocycles. The van der Waals surface area contributed by atoms with Crippen LogP contribution in [-0.2, 0) is 30.1 Å². The first-order chi connectivity index (χ1) is 36.5. The Morgan fingerprint density at radius 3 is 1.37 bits per heavy atom. The summed E-state index contributed by atoms with van der Waals surface area (Å²) in [5.41, 5.74) is 18.2. The minimum absolute atomic E-state index is 0.229. The summed E-state index contributed by atoms with van der Waals surface area (Å²) in [4.78, 5) is 63.4. The number of amides is 4. The molecule has 0 N–H and O–H groups in total. The lowest BCUT2D eigenvalue weighted by Crippen LogP contribution is -2.44. The van der Waals surface area contributed by atoms with Gasteiger partial charge in [0.1, 0.15) is 0 Å². The molecule has 376 valence electrons. The molecule has 0 radical (unpaired) electrons. The Kier molecular flexibility index (Phi) is 10.8. The first-order valence-electron chi connectivity index (χ1n) is 27.0. The number of rotatable bonds is 6. The highest BCUT2D eigenvalue weighted by molar-refractivity contribution is 6.42. The maximum Gasteiger partial charge on any atom is 0.265 e. The number of carbonyl (C=O) groups is 4. The van der Waals surface area contributed by atoms with E-state index in [0.29, 0.717) is 28.6 Å². The molecule has 7 heteroatoms. The van der Waals surface area contributed by atoms with Crippen molar-refractivity contribution in [3.63, 3.8) is 0 Å². The van der Waals surface area contributed by atoms with Crippen molar-refractivity contribution in [1.82, 2.24) is 0 Å². The van der Waals surface area contributed by atoms with E-state index in [1.165, 1.54) is 77.7 Å². The van der Waals surface area contributed by atoms with Crippen molar-refractivity contribution >= 4 is 73.0 Å². The van der Waals surface area contributed by atoms with Gasteiger partial charge in [-0.2, -0.15) is 0 Å². The SMILES string of the molecule is Cc1c2c3c(c(C)c1-c1c4ccccc4c(-c4ccc(Cc5ccc(N6C(=O)c7ccc8c9c(ccc(c79)C6=O)C(=O)N(c6cc(C(C)(C)C)ccc6C(C)(C)C)C8=O)cc5)cc4)c4ccccc14)CCCN3CCC2. The van der Waals surface area contributed by atoms with Crippen LogP contribution in [0, 0.1) is 13.8 Å². The average Bonchev–Trinajstić information content (AvgIpc) is 3.61. The van der Waals surface area contributed by atoms with Crippen LogP contribution in [-0.4, -0.2) is 36.7 Å². The minimum atomic E-state index is -0.498. The lowest BCUT2D eigenvalue weighted by atomic mass is 9.78. The maximum absolute atomic E-state index is 14.6. The summed E-state index contributed by atoms with van der Waals surface area (Å²) in [6.07, 6.45) is 5.34. The van der Waals surface area contributed by atoms with Gasteiger partial charge in [-0.25, -0.2) is 9.80 Å². The molecule has 9 aromatic carbocycles. The van der Waals surface area contributed by atoms with Crippen LogP contribution in [0.15, 0.2) is 140 Å². The molecular weight excluding hydrogens is 935 g/mol. The third-order valence-corrected chi connectivity index (χ3v) is 17.1. The van der Waals surface area contributed by atoms with E-state index < -0.39 is 23.6 Å². The van der Waals surface area contributed by atoms with Gasteiger partial charge in [0.05, 0.1) is 11.4 Å². The van der Waals surface area contributed by atoms with Crippen LogP contribution in [0.3, 0.4) is 0 Å². The van der Waals surface area contributed by atoms with E-state index in [9.17, 15) is 19.2 Å². The average molecular weight is 996 g/mol. The number of imide groups is 2. The molecule has 9 aromatic rings. The van der Waals surface area contributed by atoms with Crippen LogP contribution in [0.25, 0.3) is 54.6 Å². The van der Waals surface area contributed by atoms with Gasteiger partial charge < -0.3 is 4.90 Å². The topological polar surface area (TPSA) is 78.0 Å². The highest BCUT2D eigenvalue weighted by Gasteiger charge is 2.42. The molecule has 13 rings (SSSR count). The molecule has 0 fully saturated rings. The quantitative estimate of drug-likeness (QED) is 0.122. The summed E-state index contributed by atoms with van der Waals surface area (Å²) >= 11 is 0. The predicted molar refractivity (Wildman–Crippen MR) is 310 cm³/mol. The zero-order chi connectivity index (χ0) is 52.7. The standard InChI is InChI=1S/C69H61N3O4/c1-39-46-19-13-35-70-36-14-20-47(63(46)70)40(2)58(39)60-50-17-11-9-15-48(50)59(49-16-10-12-18-51(49)60)43-25-21-41(22-26-43)37-42-23-28-45(29-24-42)71-64(73)52-30-32-54-62-55(33-31-53(61(52)62)65(71)74)67(76)72(66(54)75)57-38-44(68(3,4)5)27-34-56(57)69(6,7)8/h9-12,15-18,21-34,38H,13-14,19-20,35-37H2,1-8H3. The molecule has 0 saturated heterocycles. The first kappa shape index (κ1) is 47.5. The van der Waals surface area contributed by atoms with Gasteiger partial charge >= 0.3 is 0 Å². The van der Waals surface area contributed by atoms with Crippen LogP contribution in [0.4, 0.5) is 17.1 Å². The number of hydrogen-bond acceptors (Lipinski definition) is 5. The number of hydrogen-bond donors (Lipinski definition) is 0. The molecule has 4 aliphatic rings. The number of anilines is 3. The van der Waals surface area contributed by atoms with Crippen molar-refractivity contribution in [1.29, 1.82) is 0 Å². The number of benzene rings is 9. The fourth-order valence-corrected chi connectivity index (χ4v) is 13.4. The molecule has 0 aliphatic carbocycles. The van der Waals surface area contributed by atoms with E-state index in [1.54, 1.807) is 35.4 Å². The second-order valence-corrected chi connectivity index (χ2v) is 23.7. The van der Waals surface area contributed by atoms with Crippen molar-refractivity contribution in [2.24, 2.45) is 0 Å². The Bertz CT molecular complexity index is 3870. The Morgan fingerprint density at radius 2 is 0.908 bits per heavy atom. The van der Waals surface area contributed by atoms with E-state index in [4.69, 9.17) is 0 Å². The molecule has 0 spiro atoms. The van der Waals surface area contributed by atoms with Gasteiger partial charge in [0.2, 0.25) is 0 Å². The molecule has 4 amide bonds. The van der Waals surface area contributed by atoms with Crippen molar-refractivity contribution in [3.8, 4) is 22.3 Å². The Labute approximate surface area is 444 Å². The van der Waals surface area contributed by atoms with Crippen molar-refractivity contribution in [3.05, 3.63) is 206 Å². The van der Waals surface area contributed by atoms with Crippen molar-refractivity contribution in [2.45, 2.75) is 98.3 Å². The van der Waals surface area contributed by atoms with Gasteiger partial charge in [-0.1, -0.05) is 139 Å². The summed E-state index contributed by atoms with van der Waals surface area (Å²) in [6, 6.07) is 47.0. The molecule has 0 saturated carbocycles. The lowest BCUT2D eigenvalue weighted by molar-refractivity contribution is 0.0872. The molecule has 76 heavy (non-hydrogen) atoms. The predicted octanol–water partition coefficient (Wildman–Crippen LogP) is 15.6. The monoisotopic (exact) mass is 995 g/mol. The van der Waals surface area contributed by atoms with Gasteiger partial charge in [-0.3, -0.25) is 19.2 Å². The van der Waals surface area contributed by atoms with E-state index in [0.717, 1.165) is 53.7 Å². The van der Waals surface area contributed by atoms with E-state index >= 15 is 0 Å². The second kappa shape index (κ2) is 17.2. The van der Waals surface area contributed by atoms with Crippen molar-refractivity contribution in [2.75, 3.05) is 27.8 Å². The molecule has 7 nitrogen and oxygen atoms in total. The van der Waals surface area contributed by atoms with E-state index in [-0.39, 0.29) is 33.1 Å². The molecule has 4 heterocycles. The highest BCUT2D eigenvalue weighted by atomic mass is 16.2. The van der Waals surface area contributed by atoms with Crippen molar-refractivity contribution < 1.29 is 19.2 Å². The fourth-order valence-electron chi connectivity index (χ4n) is 13.4. The smallest absolute Gasteiger partial charge is 0.265 e. The molecule has 0 unspecified atom stereocenters. The largest absolute Gasteiger partial charge is 0.371 e. The molecular formula is C69H61N3O4. The summed E-state index contributed by atoms with van der Waals surface area (Å²) in [5.74, 6) is -1.95. The summed E-state index contributed by atoms with van der Waals surface area (Å²) in [5, 5.41) is 5.75. The zero-order valence-electron chi connectivity index (χ0n) is 44.7. The summed E-state index contributed by atoms with van der Waals surface area (Å²) < 4.78 is 0. The maximum atomic E-state index is 14.6. The van der Waals surface area contributed by atoms with Crippen LogP contribution in [0.5, 0.6) is 0 Å². The van der Waals surface area contributed by atoms with E-state index in [1.807, 2.05) is 36.4 Å². The summed E-state index contributed by atoms with van der Waals surface area (Å²) in [6.45, 7) is 19.6. The third kappa shape index (κ3) is 7.14. The molecule has 0 bridgehead atoms. The van der Waals surface area contributed by atoms with Crippen LogP contribution in [0.1, 0.15) is 140 Å². The molecule has 0 atom stereocenters. The number of fused-ring (bicyclic) bond motifs is 2. The summed E-state index contributed by atoms with van der Waals surface area (Å²) in [7, 11) is 0. The zero-order valence-corrected chi connectivity index (χ0v) is 44.7. The fraction of sp³-hybridized carbons (Fsp3) is 0.246. The highest BCUT2D eigenvalue weighted by Crippen LogP contribution is 2.50. The van der Waals surface area contributed by atoms with Gasteiger partial charge in [0.15, 0.2) is 0 Å². The lowest BCUT2D eigenvalue weighted by Gasteiger charge is -2.39. The van der Waals surface area contributed by atoms with Crippen LogP contribution >= 0.6 is 0 Å². The van der Waals surface area contributed by atoms with Crippen LogP contribution in [0.2, 0.25) is 0 Å². The van der Waals surface area contributed by atoms with Gasteiger partial charge in [0, 0.05) is 51.8 Å². The van der Waals surface area contributed by atoms with Gasteiger partial charge in [-0.15, -0.1) is 0 Å². The van der Waals surface area contributed by atoms with E-state index in [2.05, 4.69) is 139 Å². The third-order valence-electron chi connectivity index (χ3n) is 17.1. The Balaban J connectivity index is 0.794. The number of nitrogens with zero attached hydrogens (tertiary/aromatic N) is 3. The Hall–Kier alpha value is -8.16. The molecule has 0 aromatic heterocycles. The van der Waals surface area contributed by atoms with Crippen LogP contribution < -0.4 is 14.7 Å². The Morgan fingerprint density at radius 1 is 0.461 bits per heavy atom. The normalized spacial score (nSPS) is 15.4. The number of carbonyl (C=O) groups excluding carboxylic acids is 4. The second-order valence-electron chi connectivity index (χ2n) is 23.7.